The minimum atomic E-state index is -4.87. The third kappa shape index (κ3) is 4.43. The van der Waals surface area contributed by atoms with Gasteiger partial charge in [-0.05, 0) is 42.8 Å². The number of carbonyl (C=O) groups is 2. The second kappa shape index (κ2) is 8.42. The minimum absolute atomic E-state index is 0.146. The summed E-state index contributed by atoms with van der Waals surface area (Å²) in [6.45, 7) is 1.87. The number of anilines is 1. The lowest BCUT2D eigenvalue weighted by Crippen LogP contribution is -2.29. The van der Waals surface area contributed by atoms with Crippen LogP contribution in [0.25, 0.3) is 5.76 Å². The number of aryl methyl sites for hydroxylation is 1. The van der Waals surface area contributed by atoms with Crippen molar-refractivity contribution in [3.63, 3.8) is 0 Å². The predicted molar refractivity (Wildman–Crippen MR) is 113 cm³/mol. The van der Waals surface area contributed by atoms with Gasteiger partial charge in [-0.25, -0.2) is 0 Å². The van der Waals surface area contributed by atoms with Gasteiger partial charge in [0.05, 0.1) is 11.6 Å². The van der Waals surface area contributed by atoms with Gasteiger partial charge in [-0.1, -0.05) is 35.9 Å². The highest BCUT2D eigenvalue weighted by Gasteiger charge is 2.47. The highest BCUT2D eigenvalue weighted by Crippen LogP contribution is 2.42. The Bertz CT molecular complexity index is 1220. The van der Waals surface area contributed by atoms with Gasteiger partial charge in [0.1, 0.15) is 11.5 Å². The van der Waals surface area contributed by atoms with Crippen molar-refractivity contribution in [3.05, 3.63) is 95.3 Å². The zero-order valence-corrected chi connectivity index (χ0v) is 17.2. The lowest BCUT2D eigenvalue weighted by atomic mass is 9.96. The number of rotatable bonds is 4. The summed E-state index contributed by atoms with van der Waals surface area (Å²) in [4.78, 5) is 31.2. The highest BCUT2D eigenvalue weighted by molar-refractivity contribution is 6.51. The van der Waals surface area contributed by atoms with Gasteiger partial charge in [0.15, 0.2) is 0 Å². The van der Waals surface area contributed by atoms with Crippen molar-refractivity contribution in [2.24, 2.45) is 0 Å². The first-order chi connectivity index (χ1) is 15.7. The second-order valence-electron chi connectivity index (χ2n) is 7.36. The Morgan fingerprint density at radius 2 is 1.70 bits per heavy atom. The molecule has 3 aromatic rings. The molecular formula is C24H17F3N2O4. The van der Waals surface area contributed by atoms with Crippen LogP contribution in [0.15, 0.2) is 78.6 Å². The van der Waals surface area contributed by atoms with E-state index in [4.69, 9.17) is 0 Å². The van der Waals surface area contributed by atoms with Crippen LogP contribution in [0.4, 0.5) is 18.9 Å². The first-order valence-corrected chi connectivity index (χ1v) is 9.79. The van der Waals surface area contributed by atoms with Crippen molar-refractivity contribution in [1.29, 1.82) is 0 Å². The number of Topliss-reactive ketones (excluding diaryl/α,β-unsaturated/α-hetero) is 1. The zero-order chi connectivity index (χ0) is 23.8. The SMILES string of the molecule is Cc1ccc(/C(O)=C2/C(=O)C(=O)N(c3ccc(OC(F)(F)F)cc3)C2c2cccnc2)cc1. The number of ketones is 1. The van der Waals surface area contributed by atoms with E-state index in [1.54, 1.807) is 36.4 Å². The lowest BCUT2D eigenvalue weighted by molar-refractivity contribution is -0.274. The number of nitrogens with zero attached hydrogens (tertiary/aromatic N) is 2. The third-order valence-corrected chi connectivity index (χ3v) is 5.12. The van der Waals surface area contributed by atoms with Gasteiger partial charge >= 0.3 is 6.36 Å². The van der Waals surface area contributed by atoms with Crippen LogP contribution in [-0.4, -0.2) is 28.1 Å². The molecule has 1 aliphatic heterocycles. The maximum absolute atomic E-state index is 13.0. The molecule has 0 bridgehead atoms. The van der Waals surface area contributed by atoms with Crippen LogP contribution >= 0.6 is 0 Å². The smallest absolute Gasteiger partial charge is 0.507 e. The number of alkyl halides is 3. The Balaban J connectivity index is 1.83. The van der Waals surface area contributed by atoms with E-state index in [9.17, 15) is 27.9 Å². The summed E-state index contributed by atoms with van der Waals surface area (Å²) >= 11 is 0. The van der Waals surface area contributed by atoms with Gasteiger partial charge in [-0.2, -0.15) is 0 Å². The molecule has 9 heteroatoms. The van der Waals surface area contributed by atoms with Gasteiger partial charge in [0.2, 0.25) is 0 Å². The number of aliphatic hydroxyl groups is 1. The Hall–Kier alpha value is -4.14. The first kappa shape index (κ1) is 22.1. The fraction of sp³-hybridized carbons (Fsp3) is 0.125. The standard InChI is InChI=1S/C24H17F3N2O4/c1-14-4-6-15(7-5-14)21(30)19-20(16-3-2-12-28-13-16)29(23(32)22(19)31)17-8-10-18(11-9-17)33-24(25,26)27/h2-13,20,30H,1H3/b21-19-. The number of hydrogen-bond acceptors (Lipinski definition) is 5. The minimum Gasteiger partial charge on any atom is -0.507 e. The number of aromatic nitrogens is 1. The molecule has 1 saturated heterocycles. The predicted octanol–water partition coefficient (Wildman–Crippen LogP) is 4.91. The summed E-state index contributed by atoms with van der Waals surface area (Å²) in [5, 5.41) is 11.0. The molecule has 1 amide bonds. The van der Waals surface area contributed by atoms with Crippen LogP contribution in [0.2, 0.25) is 0 Å². The maximum atomic E-state index is 13.0. The van der Waals surface area contributed by atoms with Crippen LogP contribution in [0.1, 0.15) is 22.7 Å². The molecule has 1 atom stereocenters. The summed E-state index contributed by atoms with van der Waals surface area (Å²) in [7, 11) is 0. The second-order valence-corrected chi connectivity index (χ2v) is 7.36. The van der Waals surface area contributed by atoms with Crippen molar-refractivity contribution in [3.8, 4) is 5.75 Å². The number of halogens is 3. The molecule has 2 aromatic carbocycles. The maximum Gasteiger partial charge on any atom is 0.573 e. The molecule has 33 heavy (non-hydrogen) atoms. The van der Waals surface area contributed by atoms with Gasteiger partial charge in [-0.3, -0.25) is 19.5 Å². The lowest BCUT2D eigenvalue weighted by Gasteiger charge is -2.25. The molecule has 1 unspecified atom stereocenters. The number of benzene rings is 2. The summed E-state index contributed by atoms with van der Waals surface area (Å²) in [6.07, 6.45) is -1.90. The van der Waals surface area contributed by atoms with Crippen molar-refractivity contribution in [2.45, 2.75) is 19.3 Å². The summed E-state index contributed by atoms with van der Waals surface area (Å²) < 4.78 is 41.4. The molecular weight excluding hydrogens is 437 g/mol. The topological polar surface area (TPSA) is 79.7 Å². The van der Waals surface area contributed by atoms with E-state index in [-0.39, 0.29) is 17.0 Å². The number of carbonyl (C=O) groups excluding carboxylic acids is 2. The molecule has 0 spiro atoms. The van der Waals surface area contributed by atoms with Crippen molar-refractivity contribution in [2.75, 3.05) is 4.90 Å². The summed E-state index contributed by atoms with van der Waals surface area (Å²) in [5.74, 6) is -2.68. The van der Waals surface area contributed by atoms with Crippen LogP contribution in [-0.2, 0) is 9.59 Å². The van der Waals surface area contributed by atoms with Crippen LogP contribution in [0, 0.1) is 6.92 Å². The fourth-order valence-corrected chi connectivity index (χ4v) is 3.63. The van der Waals surface area contributed by atoms with E-state index in [2.05, 4.69) is 9.72 Å². The van der Waals surface area contributed by atoms with Crippen molar-refractivity contribution in [1.82, 2.24) is 4.98 Å². The number of ether oxygens (including phenoxy) is 1. The van der Waals surface area contributed by atoms with Crippen molar-refractivity contribution < 1.29 is 32.6 Å². The number of amides is 1. The fourth-order valence-electron chi connectivity index (χ4n) is 3.63. The highest BCUT2D eigenvalue weighted by atomic mass is 19.4. The number of aliphatic hydroxyl groups excluding tert-OH is 1. The molecule has 0 radical (unpaired) electrons. The molecule has 1 fully saturated rings. The summed E-state index contributed by atoms with van der Waals surface area (Å²) in [6, 6.07) is 13.5. The molecule has 0 aliphatic carbocycles. The van der Waals surface area contributed by atoms with E-state index in [0.717, 1.165) is 22.6 Å². The van der Waals surface area contributed by atoms with Gasteiger partial charge < -0.3 is 9.84 Å². The van der Waals surface area contributed by atoms with Gasteiger partial charge in [-0.15, -0.1) is 13.2 Å². The normalized spacial score (nSPS) is 17.9. The molecule has 2 heterocycles. The van der Waals surface area contributed by atoms with Crippen LogP contribution in [0.5, 0.6) is 5.75 Å². The monoisotopic (exact) mass is 454 g/mol. The van der Waals surface area contributed by atoms with E-state index >= 15 is 0 Å². The zero-order valence-electron chi connectivity index (χ0n) is 17.2. The number of pyridine rings is 1. The average Bonchev–Trinajstić information content (AvgIpc) is 3.04. The van der Waals surface area contributed by atoms with Gasteiger partial charge in [0.25, 0.3) is 11.7 Å². The summed E-state index contributed by atoms with van der Waals surface area (Å²) in [5.41, 5.74) is 1.75. The molecule has 1 N–H and O–H groups in total. The molecule has 1 aliphatic rings. The number of hydrogen-bond donors (Lipinski definition) is 1. The van der Waals surface area contributed by atoms with E-state index in [1.165, 1.54) is 24.5 Å². The Labute approximate surface area is 186 Å². The van der Waals surface area contributed by atoms with E-state index < -0.39 is 29.8 Å². The molecule has 4 rings (SSSR count). The van der Waals surface area contributed by atoms with Crippen LogP contribution in [0.3, 0.4) is 0 Å². The third-order valence-electron chi connectivity index (χ3n) is 5.12. The Kier molecular flexibility index (Phi) is 5.63. The Morgan fingerprint density at radius 1 is 1.03 bits per heavy atom. The molecule has 6 nitrogen and oxygen atoms in total. The van der Waals surface area contributed by atoms with Gasteiger partial charge in [0, 0.05) is 23.6 Å². The average molecular weight is 454 g/mol. The van der Waals surface area contributed by atoms with E-state index in [0.29, 0.717) is 11.1 Å². The van der Waals surface area contributed by atoms with Crippen molar-refractivity contribution >= 4 is 23.1 Å². The molecule has 0 saturated carbocycles. The largest absolute Gasteiger partial charge is 0.573 e. The first-order valence-electron chi connectivity index (χ1n) is 9.79. The molecule has 168 valence electrons. The van der Waals surface area contributed by atoms with Crippen LogP contribution < -0.4 is 9.64 Å². The Morgan fingerprint density at radius 3 is 2.27 bits per heavy atom. The van der Waals surface area contributed by atoms with E-state index in [1.807, 2.05) is 6.92 Å². The quantitative estimate of drug-likeness (QED) is 0.344. The molecule has 1 aromatic heterocycles.